The minimum Gasteiger partial charge on any atom is -0.508 e. The number of aryl methyl sites for hydroxylation is 1. The predicted octanol–water partition coefficient (Wildman–Crippen LogP) is 2.52. The fourth-order valence-corrected chi connectivity index (χ4v) is 4.51. The van der Waals surface area contributed by atoms with Crippen molar-refractivity contribution in [3.63, 3.8) is 0 Å². The number of hydrogen-bond donors (Lipinski definition) is 1. The van der Waals surface area contributed by atoms with E-state index in [1.54, 1.807) is 24.5 Å². The molecule has 158 valence electrons. The molecule has 3 heterocycles. The van der Waals surface area contributed by atoms with Crippen LogP contribution in [0, 0.1) is 6.92 Å². The Morgan fingerprint density at radius 3 is 2.29 bits per heavy atom. The molecule has 3 aromatic rings. The number of carbonyl (C=O) groups is 1. The highest BCUT2D eigenvalue weighted by molar-refractivity contribution is 5.99. The highest BCUT2D eigenvalue weighted by atomic mass is 16.3. The van der Waals surface area contributed by atoms with Crippen LogP contribution in [0.4, 0.5) is 11.9 Å². The van der Waals surface area contributed by atoms with Crippen molar-refractivity contribution in [2.45, 2.75) is 25.7 Å². The van der Waals surface area contributed by atoms with Gasteiger partial charge in [0.1, 0.15) is 5.75 Å². The van der Waals surface area contributed by atoms with E-state index in [1.165, 1.54) is 0 Å². The Balaban J connectivity index is 1.38. The minimum atomic E-state index is -0.0737. The van der Waals surface area contributed by atoms with Gasteiger partial charge in [0.05, 0.1) is 17.0 Å². The van der Waals surface area contributed by atoms with E-state index in [9.17, 15) is 9.90 Å². The molecular formula is C23H24N6O2. The number of aromatic nitrogens is 4. The smallest absolute Gasteiger partial charge is 0.225 e. The highest BCUT2D eigenvalue weighted by Gasteiger charge is 2.32. The van der Waals surface area contributed by atoms with E-state index in [-0.39, 0.29) is 17.5 Å². The van der Waals surface area contributed by atoms with Gasteiger partial charge in [-0.2, -0.15) is 0 Å². The van der Waals surface area contributed by atoms with Crippen molar-refractivity contribution < 1.29 is 9.90 Å². The van der Waals surface area contributed by atoms with Gasteiger partial charge in [0.15, 0.2) is 5.78 Å². The Kier molecular flexibility index (Phi) is 4.97. The maximum absolute atomic E-state index is 12.9. The number of phenols is 1. The summed E-state index contributed by atoms with van der Waals surface area (Å²) in [6.07, 6.45) is 4.49. The summed E-state index contributed by atoms with van der Waals surface area (Å²) in [7, 11) is 0. The number of anilines is 2. The molecule has 31 heavy (non-hydrogen) atoms. The number of aromatic hydroxyl groups is 1. The number of hydrogen-bond acceptors (Lipinski definition) is 8. The Labute approximate surface area is 180 Å². The van der Waals surface area contributed by atoms with Gasteiger partial charge in [-0.1, -0.05) is 18.2 Å². The number of benzene rings is 1. The Bertz CT molecular complexity index is 1110. The molecule has 8 nitrogen and oxygen atoms in total. The van der Waals surface area contributed by atoms with Crippen LogP contribution < -0.4 is 9.80 Å². The molecule has 0 spiro atoms. The van der Waals surface area contributed by atoms with Crippen molar-refractivity contribution in [1.82, 2.24) is 19.9 Å². The van der Waals surface area contributed by atoms with Crippen molar-refractivity contribution in [2.24, 2.45) is 0 Å². The van der Waals surface area contributed by atoms with Crippen molar-refractivity contribution in [1.29, 1.82) is 0 Å². The van der Waals surface area contributed by atoms with E-state index in [1.807, 2.05) is 25.1 Å². The second kappa shape index (κ2) is 7.94. The molecule has 1 aliphatic carbocycles. The van der Waals surface area contributed by atoms with Crippen LogP contribution in [0.1, 0.15) is 39.6 Å². The zero-order valence-electron chi connectivity index (χ0n) is 17.4. The van der Waals surface area contributed by atoms with Gasteiger partial charge in [-0.25, -0.2) is 19.9 Å². The average molecular weight is 416 g/mol. The molecule has 2 aliphatic rings. The first-order chi connectivity index (χ1) is 15.1. The lowest BCUT2D eigenvalue weighted by atomic mass is 9.81. The van der Waals surface area contributed by atoms with Crippen molar-refractivity contribution >= 4 is 17.7 Å². The molecule has 0 saturated carbocycles. The largest absolute Gasteiger partial charge is 0.508 e. The van der Waals surface area contributed by atoms with E-state index >= 15 is 0 Å². The molecule has 1 aromatic carbocycles. The normalized spacial score (nSPS) is 18.7. The van der Waals surface area contributed by atoms with Crippen LogP contribution >= 0.6 is 0 Å². The topological polar surface area (TPSA) is 95.3 Å². The van der Waals surface area contributed by atoms with Crippen LogP contribution in [-0.2, 0) is 6.42 Å². The summed E-state index contributed by atoms with van der Waals surface area (Å²) in [5, 5.41) is 10.3. The van der Waals surface area contributed by atoms with E-state index in [4.69, 9.17) is 4.98 Å². The number of para-hydroxylation sites is 1. The molecule has 1 fully saturated rings. The Hall–Kier alpha value is -3.55. The van der Waals surface area contributed by atoms with E-state index in [0.29, 0.717) is 24.4 Å². The quantitative estimate of drug-likeness (QED) is 0.696. The minimum absolute atomic E-state index is 0.0459. The second-order valence-electron chi connectivity index (χ2n) is 8.04. The molecule has 1 atom stereocenters. The molecule has 1 saturated heterocycles. The standard InChI is InChI=1S/C23H24N6O2/c1-15-21-18(13-16(14-20(21)31)17-5-2-3-6-19(17)30)27-23(26-15)29-11-9-28(10-12-29)22-24-7-4-8-25-22/h2-8,16,30H,9-14H2,1H3/t16-/m0/s1. The zero-order valence-corrected chi connectivity index (χ0v) is 17.4. The van der Waals surface area contributed by atoms with Gasteiger partial charge < -0.3 is 14.9 Å². The molecule has 8 heteroatoms. The first-order valence-electron chi connectivity index (χ1n) is 10.6. The summed E-state index contributed by atoms with van der Waals surface area (Å²) in [5.41, 5.74) is 2.96. The van der Waals surface area contributed by atoms with Gasteiger partial charge >= 0.3 is 0 Å². The number of Topliss-reactive ketones (excluding diaryl/α,β-unsaturated/α-hetero) is 1. The van der Waals surface area contributed by atoms with E-state index in [0.717, 1.165) is 49.1 Å². The summed E-state index contributed by atoms with van der Waals surface area (Å²) < 4.78 is 0. The molecule has 0 amide bonds. The summed E-state index contributed by atoms with van der Waals surface area (Å²) in [5.74, 6) is 1.60. The van der Waals surface area contributed by atoms with Crippen LogP contribution in [0.5, 0.6) is 5.75 Å². The van der Waals surface area contributed by atoms with Gasteiger partial charge in [-0.15, -0.1) is 0 Å². The van der Waals surface area contributed by atoms with E-state index < -0.39 is 0 Å². The first kappa shape index (κ1) is 19.4. The van der Waals surface area contributed by atoms with Gasteiger partial charge in [-0.3, -0.25) is 4.79 Å². The van der Waals surface area contributed by atoms with Crippen LogP contribution in [-0.4, -0.2) is 57.0 Å². The number of nitrogens with zero attached hydrogens (tertiary/aromatic N) is 6. The third-order valence-corrected chi connectivity index (χ3v) is 6.08. The number of rotatable bonds is 3. The second-order valence-corrected chi connectivity index (χ2v) is 8.04. The average Bonchev–Trinajstić information content (AvgIpc) is 2.79. The van der Waals surface area contributed by atoms with Crippen LogP contribution in [0.25, 0.3) is 0 Å². The fraction of sp³-hybridized carbons (Fsp3) is 0.348. The highest BCUT2D eigenvalue weighted by Crippen LogP contribution is 2.37. The summed E-state index contributed by atoms with van der Waals surface area (Å²) in [6, 6.07) is 9.05. The van der Waals surface area contributed by atoms with Gasteiger partial charge in [0.2, 0.25) is 11.9 Å². The van der Waals surface area contributed by atoms with Gasteiger partial charge in [0, 0.05) is 50.9 Å². The molecule has 5 rings (SSSR count). The third-order valence-electron chi connectivity index (χ3n) is 6.08. The molecule has 0 unspecified atom stereocenters. The molecule has 0 bridgehead atoms. The lowest BCUT2D eigenvalue weighted by Crippen LogP contribution is -2.48. The van der Waals surface area contributed by atoms with Crippen LogP contribution in [0.15, 0.2) is 42.7 Å². The fourth-order valence-electron chi connectivity index (χ4n) is 4.51. The molecule has 1 aliphatic heterocycles. The molecule has 2 aromatic heterocycles. The van der Waals surface area contributed by atoms with Crippen LogP contribution in [0.2, 0.25) is 0 Å². The monoisotopic (exact) mass is 416 g/mol. The summed E-state index contributed by atoms with van der Waals surface area (Å²) in [6.45, 7) is 4.96. The van der Waals surface area contributed by atoms with Gasteiger partial charge in [-0.05, 0) is 31.0 Å². The van der Waals surface area contributed by atoms with Crippen molar-refractivity contribution in [3.05, 3.63) is 65.2 Å². The number of carbonyl (C=O) groups excluding carboxylic acids is 1. The molecular weight excluding hydrogens is 392 g/mol. The predicted molar refractivity (Wildman–Crippen MR) is 117 cm³/mol. The summed E-state index contributed by atoms with van der Waals surface area (Å²) >= 11 is 0. The first-order valence-corrected chi connectivity index (χ1v) is 10.6. The zero-order chi connectivity index (χ0) is 21.4. The van der Waals surface area contributed by atoms with E-state index in [2.05, 4.69) is 24.8 Å². The summed E-state index contributed by atoms with van der Waals surface area (Å²) in [4.78, 5) is 35.3. The lowest BCUT2D eigenvalue weighted by molar-refractivity contribution is 0.0961. The van der Waals surface area contributed by atoms with Crippen molar-refractivity contribution in [2.75, 3.05) is 36.0 Å². The Morgan fingerprint density at radius 2 is 1.58 bits per heavy atom. The van der Waals surface area contributed by atoms with Crippen molar-refractivity contribution in [3.8, 4) is 5.75 Å². The number of phenolic OH excluding ortho intramolecular Hbond substituents is 1. The Morgan fingerprint density at radius 1 is 0.903 bits per heavy atom. The maximum atomic E-state index is 12.9. The van der Waals surface area contributed by atoms with Gasteiger partial charge in [0.25, 0.3) is 0 Å². The SMILES string of the molecule is Cc1nc(N2CCN(c3ncccn3)CC2)nc2c1C(=O)C[C@@H](c1ccccc1O)C2. The maximum Gasteiger partial charge on any atom is 0.225 e. The third kappa shape index (κ3) is 3.69. The lowest BCUT2D eigenvalue weighted by Gasteiger charge is -2.35. The number of ketones is 1. The number of piperazine rings is 1. The van der Waals surface area contributed by atoms with Crippen LogP contribution in [0.3, 0.4) is 0 Å². The number of fused-ring (bicyclic) bond motifs is 1. The molecule has 1 N–H and O–H groups in total. The molecule has 0 radical (unpaired) electrons.